The van der Waals surface area contributed by atoms with Crippen LogP contribution in [0.15, 0.2) is 12.1 Å². The van der Waals surface area contributed by atoms with E-state index in [4.69, 9.17) is 23.2 Å². The standard InChI is InChI=1S/C10H12Cl2N2/c1-6(13-8-2-3-8)7-4-9(11)14-10(12)5-7/h4-6,8,13H,2-3H2,1H3. The molecule has 1 aliphatic rings. The summed E-state index contributed by atoms with van der Waals surface area (Å²) < 4.78 is 0. The third-order valence-electron chi connectivity index (χ3n) is 2.35. The van der Waals surface area contributed by atoms with Gasteiger partial charge in [0.25, 0.3) is 0 Å². The first-order chi connectivity index (χ1) is 6.65. The van der Waals surface area contributed by atoms with Crippen LogP contribution in [0, 0.1) is 0 Å². The predicted molar refractivity (Wildman–Crippen MR) is 58.8 cm³/mol. The molecule has 0 amide bonds. The average molecular weight is 231 g/mol. The van der Waals surface area contributed by atoms with Crippen molar-refractivity contribution in [3.63, 3.8) is 0 Å². The lowest BCUT2D eigenvalue weighted by Crippen LogP contribution is -2.20. The van der Waals surface area contributed by atoms with E-state index >= 15 is 0 Å². The molecule has 76 valence electrons. The van der Waals surface area contributed by atoms with Crippen molar-refractivity contribution in [1.82, 2.24) is 10.3 Å². The van der Waals surface area contributed by atoms with Crippen molar-refractivity contribution in [2.45, 2.75) is 31.8 Å². The maximum atomic E-state index is 5.82. The first-order valence-electron chi connectivity index (χ1n) is 4.74. The number of hydrogen-bond acceptors (Lipinski definition) is 2. The smallest absolute Gasteiger partial charge is 0.131 e. The van der Waals surface area contributed by atoms with Crippen molar-refractivity contribution in [3.05, 3.63) is 28.0 Å². The minimum absolute atomic E-state index is 0.292. The second-order valence-electron chi connectivity index (χ2n) is 3.71. The molecular weight excluding hydrogens is 219 g/mol. The number of nitrogens with one attached hydrogen (secondary N) is 1. The molecule has 1 saturated carbocycles. The molecule has 0 aliphatic heterocycles. The second kappa shape index (κ2) is 4.05. The van der Waals surface area contributed by atoms with Crippen LogP contribution in [-0.4, -0.2) is 11.0 Å². The molecule has 1 atom stereocenters. The molecule has 0 radical (unpaired) electrons. The Labute approximate surface area is 93.6 Å². The summed E-state index contributed by atoms with van der Waals surface area (Å²) in [6.45, 7) is 2.11. The van der Waals surface area contributed by atoms with Gasteiger partial charge in [0.15, 0.2) is 0 Å². The minimum Gasteiger partial charge on any atom is -0.307 e. The van der Waals surface area contributed by atoms with Gasteiger partial charge < -0.3 is 5.32 Å². The molecule has 0 spiro atoms. The zero-order valence-electron chi connectivity index (χ0n) is 7.93. The Bertz CT molecular complexity index is 317. The van der Waals surface area contributed by atoms with Gasteiger partial charge in [-0.1, -0.05) is 23.2 Å². The van der Waals surface area contributed by atoms with E-state index in [1.807, 2.05) is 12.1 Å². The Morgan fingerprint density at radius 1 is 1.36 bits per heavy atom. The maximum Gasteiger partial charge on any atom is 0.131 e. The molecule has 14 heavy (non-hydrogen) atoms. The van der Waals surface area contributed by atoms with Crippen LogP contribution >= 0.6 is 23.2 Å². The van der Waals surface area contributed by atoms with Crippen molar-refractivity contribution in [1.29, 1.82) is 0 Å². The Morgan fingerprint density at radius 3 is 2.43 bits per heavy atom. The van der Waals surface area contributed by atoms with Gasteiger partial charge >= 0.3 is 0 Å². The fraction of sp³-hybridized carbons (Fsp3) is 0.500. The summed E-state index contributed by atoms with van der Waals surface area (Å²) >= 11 is 11.6. The zero-order chi connectivity index (χ0) is 10.1. The Kier molecular flexibility index (Phi) is 2.96. The monoisotopic (exact) mass is 230 g/mol. The SMILES string of the molecule is CC(NC1CC1)c1cc(Cl)nc(Cl)c1. The summed E-state index contributed by atoms with van der Waals surface area (Å²) in [4.78, 5) is 3.91. The van der Waals surface area contributed by atoms with E-state index in [0.29, 0.717) is 22.4 Å². The molecule has 1 N–H and O–H groups in total. The number of pyridine rings is 1. The van der Waals surface area contributed by atoms with Crippen LogP contribution in [-0.2, 0) is 0 Å². The van der Waals surface area contributed by atoms with Gasteiger partial charge in [0.05, 0.1) is 0 Å². The first-order valence-corrected chi connectivity index (χ1v) is 5.50. The summed E-state index contributed by atoms with van der Waals surface area (Å²) in [6.07, 6.45) is 2.55. The highest BCUT2D eigenvalue weighted by Crippen LogP contribution is 2.25. The van der Waals surface area contributed by atoms with E-state index < -0.39 is 0 Å². The topological polar surface area (TPSA) is 24.9 Å². The highest BCUT2D eigenvalue weighted by Gasteiger charge is 2.23. The summed E-state index contributed by atoms with van der Waals surface area (Å²) in [5, 5.41) is 4.39. The van der Waals surface area contributed by atoms with Crippen LogP contribution in [0.5, 0.6) is 0 Å². The fourth-order valence-corrected chi connectivity index (χ4v) is 1.91. The summed E-state index contributed by atoms with van der Waals surface area (Å²) in [6, 6.07) is 4.68. The van der Waals surface area contributed by atoms with Gasteiger partial charge in [-0.05, 0) is 37.5 Å². The van der Waals surface area contributed by atoms with Gasteiger partial charge in [-0.3, -0.25) is 0 Å². The zero-order valence-corrected chi connectivity index (χ0v) is 9.44. The van der Waals surface area contributed by atoms with E-state index in [-0.39, 0.29) is 0 Å². The van der Waals surface area contributed by atoms with E-state index in [9.17, 15) is 0 Å². The van der Waals surface area contributed by atoms with Crippen LogP contribution in [0.4, 0.5) is 0 Å². The summed E-state index contributed by atoms with van der Waals surface area (Å²) in [5.74, 6) is 0. The normalized spacial score (nSPS) is 18.2. The summed E-state index contributed by atoms with van der Waals surface area (Å²) in [5.41, 5.74) is 1.10. The van der Waals surface area contributed by atoms with Gasteiger partial charge in [0, 0.05) is 12.1 Å². The Balaban J connectivity index is 2.12. The first kappa shape index (κ1) is 10.2. The fourth-order valence-electron chi connectivity index (χ4n) is 1.43. The molecule has 1 fully saturated rings. The third-order valence-corrected chi connectivity index (χ3v) is 2.74. The van der Waals surface area contributed by atoms with E-state index in [1.165, 1.54) is 12.8 Å². The average Bonchev–Trinajstić information content (AvgIpc) is 2.86. The molecule has 1 heterocycles. The lowest BCUT2D eigenvalue weighted by Gasteiger charge is -2.13. The molecule has 2 nitrogen and oxygen atoms in total. The van der Waals surface area contributed by atoms with Crippen molar-refractivity contribution >= 4 is 23.2 Å². The van der Waals surface area contributed by atoms with Crippen molar-refractivity contribution in [2.75, 3.05) is 0 Å². The molecule has 1 aliphatic carbocycles. The molecule has 4 heteroatoms. The third kappa shape index (κ3) is 2.59. The van der Waals surface area contributed by atoms with Gasteiger partial charge in [0.2, 0.25) is 0 Å². The largest absolute Gasteiger partial charge is 0.307 e. The van der Waals surface area contributed by atoms with Crippen LogP contribution in [0.25, 0.3) is 0 Å². The lowest BCUT2D eigenvalue weighted by atomic mass is 10.1. The lowest BCUT2D eigenvalue weighted by molar-refractivity contribution is 0.570. The molecule has 2 rings (SSSR count). The molecule has 0 aromatic carbocycles. The molecule has 1 aromatic heterocycles. The van der Waals surface area contributed by atoms with Crippen LogP contribution in [0.3, 0.4) is 0 Å². The van der Waals surface area contributed by atoms with Crippen molar-refractivity contribution < 1.29 is 0 Å². The van der Waals surface area contributed by atoms with Crippen LogP contribution < -0.4 is 5.32 Å². The van der Waals surface area contributed by atoms with E-state index in [2.05, 4.69) is 17.2 Å². The highest BCUT2D eigenvalue weighted by molar-refractivity contribution is 6.32. The maximum absolute atomic E-state index is 5.82. The van der Waals surface area contributed by atoms with Crippen molar-refractivity contribution in [2.24, 2.45) is 0 Å². The van der Waals surface area contributed by atoms with Crippen LogP contribution in [0.2, 0.25) is 10.3 Å². The highest BCUT2D eigenvalue weighted by atomic mass is 35.5. The molecular formula is C10H12Cl2N2. The number of hydrogen-bond donors (Lipinski definition) is 1. The quantitative estimate of drug-likeness (QED) is 0.808. The van der Waals surface area contributed by atoms with Gasteiger partial charge in [-0.2, -0.15) is 0 Å². The second-order valence-corrected chi connectivity index (χ2v) is 4.48. The van der Waals surface area contributed by atoms with Gasteiger partial charge in [0.1, 0.15) is 10.3 Å². The van der Waals surface area contributed by atoms with E-state index in [0.717, 1.165) is 5.56 Å². The minimum atomic E-state index is 0.292. The molecule has 0 bridgehead atoms. The predicted octanol–water partition coefficient (Wildman–Crippen LogP) is 3.20. The summed E-state index contributed by atoms with van der Waals surface area (Å²) in [7, 11) is 0. The van der Waals surface area contributed by atoms with E-state index in [1.54, 1.807) is 0 Å². The van der Waals surface area contributed by atoms with Gasteiger partial charge in [-0.25, -0.2) is 4.98 Å². The number of nitrogens with zero attached hydrogens (tertiary/aromatic N) is 1. The van der Waals surface area contributed by atoms with Crippen LogP contribution in [0.1, 0.15) is 31.4 Å². The number of rotatable bonds is 3. The molecule has 0 saturated heterocycles. The number of halogens is 2. The van der Waals surface area contributed by atoms with Gasteiger partial charge in [-0.15, -0.1) is 0 Å². The molecule has 1 aromatic rings. The Morgan fingerprint density at radius 2 is 1.93 bits per heavy atom. The Hall–Kier alpha value is -0.310. The number of aromatic nitrogens is 1. The van der Waals surface area contributed by atoms with Crippen molar-refractivity contribution in [3.8, 4) is 0 Å². The molecule has 1 unspecified atom stereocenters.